The van der Waals surface area contributed by atoms with E-state index in [4.69, 9.17) is 14.2 Å². The molecule has 0 spiro atoms. The number of aryl methyl sites for hydroxylation is 1. The molecule has 0 unspecified atom stereocenters. The van der Waals surface area contributed by atoms with E-state index in [1.54, 1.807) is 14.0 Å². The van der Waals surface area contributed by atoms with Gasteiger partial charge in [-0.05, 0) is 47.6 Å². The smallest absolute Gasteiger partial charge is 0.342 e. The van der Waals surface area contributed by atoms with Gasteiger partial charge in [0.25, 0.3) is 0 Å². The van der Waals surface area contributed by atoms with E-state index in [0.29, 0.717) is 30.1 Å². The molecule has 0 aliphatic heterocycles. The lowest BCUT2D eigenvalue weighted by Gasteiger charge is -2.16. The lowest BCUT2D eigenvalue weighted by Crippen LogP contribution is -2.12. The Morgan fingerprint density at radius 2 is 2.05 bits per heavy atom. The van der Waals surface area contributed by atoms with Crippen molar-refractivity contribution < 1.29 is 19.0 Å². The summed E-state index contributed by atoms with van der Waals surface area (Å²) in [5.74, 6) is 0.840. The zero-order valence-electron chi connectivity index (χ0n) is 11.1. The maximum atomic E-state index is 12.1. The molecule has 0 aliphatic carbocycles. The van der Waals surface area contributed by atoms with E-state index in [1.807, 2.05) is 6.07 Å². The first-order chi connectivity index (χ1) is 9.10. The van der Waals surface area contributed by atoms with E-state index >= 15 is 0 Å². The summed E-state index contributed by atoms with van der Waals surface area (Å²) in [6.45, 7) is 2.11. The topological polar surface area (TPSA) is 44.8 Å². The Labute approximate surface area is 135 Å². The first kappa shape index (κ1) is 16.6. The molecule has 0 aliphatic rings. The SMILES string of the molecule is CCOC(=O)c1c(CCBr)cc(OC)c(I)c1OC. The highest BCUT2D eigenvalue weighted by atomic mass is 127. The third-order valence-corrected chi connectivity index (χ3v) is 3.95. The van der Waals surface area contributed by atoms with Crippen LogP contribution in [0.3, 0.4) is 0 Å². The molecule has 0 amide bonds. The number of ether oxygens (including phenoxy) is 3. The maximum Gasteiger partial charge on any atom is 0.342 e. The predicted molar refractivity (Wildman–Crippen MR) is 85.7 cm³/mol. The van der Waals surface area contributed by atoms with Gasteiger partial charge in [0.2, 0.25) is 0 Å². The molecule has 0 heterocycles. The number of benzene rings is 1. The minimum absolute atomic E-state index is 0.332. The first-order valence-corrected chi connectivity index (χ1v) is 7.97. The van der Waals surface area contributed by atoms with Crippen molar-refractivity contribution in [1.29, 1.82) is 0 Å². The molecule has 0 atom stereocenters. The fourth-order valence-electron chi connectivity index (χ4n) is 1.73. The van der Waals surface area contributed by atoms with Gasteiger partial charge >= 0.3 is 5.97 Å². The number of esters is 1. The number of hydrogen-bond acceptors (Lipinski definition) is 4. The van der Waals surface area contributed by atoms with Gasteiger partial charge in [0, 0.05) is 5.33 Å². The number of halogens is 2. The Hall–Kier alpha value is -0.500. The van der Waals surface area contributed by atoms with Crippen molar-refractivity contribution in [3.05, 3.63) is 20.8 Å². The molecule has 0 bridgehead atoms. The zero-order valence-corrected chi connectivity index (χ0v) is 14.8. The molecule has 0 saturated heterocycles. The van der Waals surface area contributed by atoms with Crippen LogP contribution in [-0.4, -0.2) is 32.1 Å². The third-order valence-electron chi connectivity index (χ3n) is 2.54. The van der Waals surface area contributed by atoms with Crippen molar-refractivity contribution >= 4 is 44.5 Å². The molecule has 0 radical (unpaired) electrons. The number of carbonyl (C=O) groups excluding carboxylic acids is 1. The van der Waals surface area contributed by atoms with Gasteiger partial charge in [-0.25, -0.2) is 4.79 Å². The highest BCUT2D eigenvalue weighted by molar-refractivity contribution is 14.1. The lowest BCUT2D eigenvalue weighted by molar-refractivity contribution is 0.0521. The van der Waals surface area contributed by atoms with E-state index in [9.17, 15) is 4.79 Å². The summed E-state index contributed by atoms with van der Waals surface area (Å²) in [4.78, 5) is 12.1. The summed E-state index contributed by atoms with van der Waals surface area (Å²) in [6.07, 6.45) is 0.692. The molecule has 0 aromatic heterocycles. The number of hydrogen-bond donors (Lipinski definition) is 0. The van der Waals surface area contributed by atoms with Crippen LogP contribution in [0, 0.1) is 3.57 Å². The summed E-state index contributed by atoms with van der Waals surface area (Å²) in [5, 5.41) is 0.742. The van der Waals surface area contributed by atoms with Gasteiger partial charge in [-0.3, -0.25) is 0 Å². The van der Waals surface area contributed by atoms with E-state index in [2.05, 4.69) is 38.5 Å². The monoisotopic (exact) mass is 442 g/mol. The van der Waals surface area contributed by atoms with E-state index in [1.165, 1.54) is 7.11 Å². The molecule has 4 nitrogen and oxygen atoms in total. The largest absolute Gasteiger partial charge is 0.495 e. The summed E-state index contributed by atoms with van der Waals surface area (Å²) in [5.41, 5.74) is 1.33. The van der Waals surface area contributed by atoms with Crippen LogP contribution in [0.5, 0.6) is 11.5 Å². The molecule has 0 saturated carbocycles. The predicted octanol–water partition coefficient (Wildman–Crippen LogP) is 3.42. The third kappa shape index (κ3) is 3.75. The Bertz CT molecular complexity index is 462. The molecular formula is C13H16BrIO4. The van der Waals surface area contributed by atoms with Gasteiger partial charge in [0.05, 0.1) is 24.4 Å². The first-order valence-electron chi connectivity index (χ1n) is 5.77. The normalized spacial score (nSPS) is 10.2. The van der Waals surface area contributed by atoms with Crippen molar-refractivity contribution in [3.63, 3.8) is 0 Å². The quantitative estimate of drug-likeness (QED) is 0.384. The Kier molecular flexibility index (Phi) is 6.92. The second kappa shape index (κ2) is 7.94. The number of methoxy groups -OCH3 is 2. The summed E-state index contributed by atoms with van der Waals surface area (Å²) >= 11 is 5.49. The fraction of sp³-hybridized carbons (Fsp3) is 0.462. The maximum absolute atomic E-state index is 12.1. The Morgan fingerprint density at radius 3 is 2.53 bits per heavy atom. The van der Waals surface area contributed by atoms with Gasteiger partial charge in [0.15, 0.2) is 5.75 Å². The van der Waals surface area contributed by atoms with Gasteiger partial charge in [-0.15, -0.1) is 0 Å². The molecule has 0 fully saturated rings. The Balaban J connectivity index is 3.45. The highest BCUT2D eigenvalue weighted by Gasteiger charge is 2.23. The lowest BCUT2D eigenvalue weighted by atomic mass is 10.0. The van der Waals surface area contributed by atoms with Crippen LogP contribution in [0.1, 0.15) is 22.8 Å². The van der Waals surface area contributed by atoms with Crippen LogP contribution in [0.4, 0.5) is 0 Å². The molecule has 1 aromatic carbocycles. The van der Waals surface area contributed by atoms with Crippen LogP contribution >= 0.6 is 38.5 Å². The second-order valence-electron chi connectivity index (χ2n) is 3.62. The summed E-state index contributed by atoms with van der Waals surface area (Å²) in [6, 6.07) is 1.86. The van der Waals surface area contributed by atoms with Crippen LogP contribution in [-0.2, 0) is 11.2 Å². The summed E-state index contributed by atoms with van der Waals surface area (Å²) in [7, 11) is 3.14. The molecule has 1 aromatic rings. The molecule has 19 heavy (non-hydrogen) atoms. The van der Waals surface area contributed by atoms with Crippen molar-refractivity contribution in [3.8, 4) is 11.5 Å². The van der Waals surface area contributed by atoms with Crippen molar-refractivity contribution in [2.45, 2.75) is 13.3 Å². The highest BCUT2D eigenvalue weighted by Crippen LogP contribution is 2.37. The minimum atomic E-state index is -0.365. The average Bonchev–Trinajstić information content (AvgIpc) is 2.40. The molecule has 0 N–H and O–H groups in total. The molecule has 1 rings (SSSR count). The Morgan fingerprint density at radius 1 is 1.37 bits per heavy atom. The standard InChI is InChI=1S/C13H16BrIO4/c1-4-19-13(16)10-8(5-6-14)7-9(17-2)11(15)12(10)18-3/h7H,4-6H2,1-3H3. The number of carbonyl (C=O) groups is 1. The van der Waals surface area contributed by atoms with Crippen LogP contribution in [0.25, 0.3) is 0 Å². The second-order valence-corrected chi connectivity index (χ2v) is 5.49. The molecular weight excluding hydrogens is 427 g/mol. The van der Waals surface area contributed by atoms with Crippen molar-refractivity contribution in [2.75, 3.05) is 26.2 Å². The van der Waals surface area contributed by atoms with Crippen LogP contribution in [0.15, 0.2) is 6.07 Å². The number of alkyl halides is 1. The molecule has 106 valence electrons. The zero-order chi connectivity index (χ0) is 14.4. The van der Waals surface area contributed by atoms with Gasteiger partial charge < -0.3 is 14.2 Å². The van der Waals surface area contributed by atoms with Gasteiger partial charge in [-0.2, -0.15) is 0 Å². The van der Waals surface area contributed by atoms with Crippen molar-refractivity contribution in [2.24, 2.45) is 0 Å². The number of rotatable bonds is 6. The van der Waals surface area contributed by atoms with E-state index in [0.717, 1.165) is 14.5 Å². The fourth-order valence-corrected chi connectivity index (χ4v) is 3.02. The van der Waals surface area contributed by atoms with Crippen LogP contribution < -0.4 is 9.47 Å². The minimum Gasteiger partial charge on any atom is -0.495 e. The van der Waals surface area contributed by atoms with E-state index < -0.39 is 0 Å². The van der Waals surface area contributed by atoms with Crippen LogP contribution in [0.2, 0.25) is 0 Å². The van der Waals surface area contributed by atoms with Gasteiger partial charge in [0.1, 0.15) is 11.3 Å². The summed E-state index contributed by atoms with van der Waals surface area (Å²) < 4.78 is 16.6. The van der Waals surface area contributed by atoms with Gasteiger partial charge in [-0.1, -0.05) is 15.9 Å². The molecule has 6 heteroatoms. The van der Waals surface area contributed by atoms with Crippen molar-refractivity contribution in [1.82, 2.24) is 0 Å². The van der Waals surface area contributed by atoms with E-state index in [-0.39, 0.29) is 5.97 Å². The average molecular weight is 443 g/mol.